The fourth-order valence-electron chi connectivity index (χ4n) is 1.88. The molecule has 1 aliphatic rings. The largest absolute Gasteiger partial charge is 0.465 e. The molecule has 1 aliphatic heterocycles. The van der Waals surface area contributed by atoms with Crippen molar-refractivity contribution in [3.63, 3.8) is 0 Å². The second-order valence-corrected chi connectivity index (χ2v) is 4.18. The standard InChI is InChI=1S/C13H18O2/c1-10-6-7-12(11(2)9-10)15-13-5-3-4-8-14-13/h6-7,9,13H,3-5,8H2,1-2H3. The van der Waals surface area contributed by atoms with Gasteiger partial charge in [0.2, 0.25) is 0 Å². The first-order valence-electron chi connectivity index (χ1n) is 5.61. The van der Waals surface area contributed by atoms with Crippen LogP contribution in [-0.4, -0.2) is 12.9 Å². The van der Waals surface area contributed by atoms with Crippen molar-refractivity contribution in [1.82, 2.24) is 0 Å². The van der Waals surface area contributed by atoms with Gasteiger partial charge in [0, 0.05) is 6.42 Å². The van der Waals surface area contributed by atoms with E-state index in [4.69, 9.17) is 9.47 Å². The maximum absolute atomic E-state index is 5.82. The van der Waals surface area contributed by atoms with E-state index in [1.807, 2.05) is 6.07 Å². The van der Waals surface area contributed by atoms with E-state index >= 15 is 0 Å². The highest BCUT2D eigenvalue weighted by Crippen LogP contribution is 2.23. The second-order valence-electron chi connectivity index (χ2n) is 4.18. The van der Waals surface area contributed by atoms with Crippen LogP contribution in [0.4, 0.5) is 0 Å². The molecule has 1 aromatic carbocycles. The van der Waals surface area contributed by atoms with Crippen molar-refractivity contribution in [2.75, 3.05) is 6.61 Å². The Labute approximate surface area is 91.2 Å². The minimum Gasteiger partial charge on any atom is -0.465 e. The SMILES string of the molecule is Cc1ccc(OC2CCCCO2)c(C)c1. The summed E-state index contributed by atoms with van der Waals surface area (Å²) in [5, 5.41) is 0. The summed E-state index contributed by atoms with van der Waals surface area (Å²) in [5.41, 5.74) is 2.45. The van der Waals surface area contributed by atoms with Crippen molar-refractivity contribution in [1.29, 1.82) is 0 Å². The highest BCUT2D eigenvalue weighted by Gasteiger charge is 2.15. The second kappa shape index (κ2) is 4.67. The molecule has 0 aliphatic carbocycles. The van der Waals surface area contributed by atoms with Gasteiger partial charge >= 0.3 is 0 Å². The van der Waals surface area contributed by atoms with E-state index < -0.39 is 0 Å². The lowest BCUT2D eigenvalue weighted by atomic mass is 10.1. The van der Waals surface area contributed by atoms with E-state index in [-0.39, 0.29) is 6.29 Å². The molecule has 1 saturated heterocycles. The minimum absolute atomic E-state index is 0.0415. The average molecular weight is 206 g/mol. The zero-order chi connectivity index (χ0) is 10.7. The molecule has 15 heavy (non-hydrogen) atoms. The quantitative estimate of drug-likeness (QED) is 0.739. The lowest BCUT2D eigenvalue weighted by Crippen LogP contribution is -2.25. The Balaban J connectivity index is 2.03. The summed E-state index contributed by atoms with van der Waals surface area (Å²) in [4.78, 5) is 0. The Kier molecular flexibility index (Phi) is 3.27. The number of hydrogen-bond donors (Lipinski definition) is 0. The lowest BCUT2D eigenvalue weighted by molar-refractivity contribution is -0.106. The van der Waals surface area contributed by atoms with Gasteiger partial charge in [0.05, 0.1) is 6.61 Å². The summed E-state index contributed by atoms with van der Waals surface area (Å²) < 4.78 is 11.4. The molecule has 0 bridgehead atoms. The van der Waals surface area contributed by atoms with Gasteiger partial charge in [0.1, 0.15) is 5.75 Å². The summed E-state index contributed by atoms with van der Waals surface area (Å²) in [6.07, 6.45) is 3.33. The smallest absolute Gasteiger partial charge is 0.199 e. The molecule has 0 N–H and O–H groups in total. The predicted octanol–water partition coefficient (Wildman–Crippen LogP) is 3.21. The van der Waals surface area contributed by atoms with Crippen molar-refractivity contribution >= 4 is 0 Å². The van der Waals surface area contributed by atoms with Gasteiger partial charge in [0.15, 0.2) is 6.29 Å². The summed E-state index contributed by atoms with van der Waals surface area (Å²) in [5.74, 6) is 0.951. The van der Waals surface area contributed by atoms with E-state index in [1.54, 1.807) is 0 Å². The molecule has 0 amide bonds. The van der Waals surface area contributed by atoms with Gasteiger partial charge in [-0.05, 0) is 38.3 Å². The number of aryl methyl sites for hydroxylation is 2. The zero-order valence-electron chi connectivity index (χ0n) is 9.45. The average Bonchev–Trinajstić information content (AvgIpc) is 2.24. The molecule has 2 rings (SSSR count). The van der Waals surface area contributed by atoms with Gasteiger partial charge in [-0.3, -0.25) is 0 Å². The van der Waals surface area contributed by atoms with Crippen molar-refractivity contribution in [3.05, 3.63) is 29.3 Å². The third-order valence-electron chi connectivity index (χ3n) is 2.73. The third kappa shape index (κ3) is 2.72. The Hall–Kier alpha value is -1.02. The van der Waals surface area contributed by atoms with Gasteiger partial charge in [-0.2, -0.15) is 0 Å². The van der Waals surface area contributed by atoms with E-state index in [2.05, 4.69) is 26.0 Å². The molecule has 2 heteroatoms. The van der Waals surface area contributed by atoms with Gasteiger partial charge in [-0.25, -0.2) is 0 Å². The molecule has 0 spiro atoms. The van der Waals surface area contributed by atoms with E-state index in [1.165, 1.54) is 17.5 Å². The van der Waals surface area contributed by atoms with Crippen LogP contribution in [0.1, 0.15) is 30.4 Å². The van der Waals surface area contributed by atoms with E-state index in [0.29, 0.717) is 0 Å². The van der Waals surface area contributed by atoms with Crippen LogP contribution in [-0.2, 0) is 4.74 Å². The highest BCUT2D eigenvalue weighted by atomic mass is 16.7. The van der Waals surface area contributed by atoms with Crippen molar-refractivity contribution in [3.8, 4) is 5.75 Å². The van der Waals surface area contributed by atoms with Crippen molar-refractivity contribution in [2.24, 2.45) is 0 Å². The van der Waals surface area contributed by atoms with Gasteiger partial charge in [-0.15, -0.1) is 0 Å². The fourth-order valence-corrected chi connectivity index (χ4v) is 1.88. The maximum Gasteiger partial charge on any atom is 0.199 e. The molecule has 1 atom stereocenters. The molecule has 0 saturated carbocycles. The minimum atomic E-state index is -0.0415. The van der Waals surface area contributed by atoms with Crippen molar-refractivity contribution < 1.29 is 9.47 Å². The third-order valence-corrected chi connectivity index (χ3v) is 2.73. The Morgan fingerprint density at radius 1 is 1.27 bits per heavy atom. The van der Waals surface area contributed by atoms with Crippen LogP contribution in [0.15, 0.2) is 18.2 Å². The molecular formula is C13H18O2. The Morgan fingerprint density at radius 3 is 2.80 bits per heavy atom. The normalized spacial score (nSPS) is 21.3. The Bertz CT molecular complexity index is 327. The Morgan fingerprint density at radius 2 is 2.13 bits per heavy atom. The maximum atomic E-state index is 5.82. The number of hydrogen-bond acceptors (Lipinski definition) is 2. The number of benzene rings is 1. The van der Waals surface area contributed by atoms with Gasteiger partial charge in [0.25, 0.3) is 0 Å². The molecule has 1 fully saturated rings. The van der Waals surface area contributed by atoms with Gasteiger partial charge < -0.3 is 9.47 Å². The first-order valence-corrected chi connectivity index (χ1v) is 5.61. The molecule has 2 nitrogen and oxygen atoms in total. The van der Waals surface area contributed by atoms with E-state index in [0.717, 1.165) is 25.2 Å². The monoisotopic (exact) mass is 206 g/mol. The molecule has 1 aromatic rings. The van der Waals surface area contributed by atoms with Crippen LogP contribution in [0.2, 0.25) is 0 Å². The van der Waals surface area contributed by atoms with Gasteiger partial charge in [-0.1, -0.05) is 17.7 Å². The lowest BCUT2D eigenvalue weighted by Gasteiger charge is -2.24. The topological polar surface area (TPSA) is 18.5 Å². The summed E-state index contributed by atoms with van der Waals surface area (Å²) in [6, 6.07) is 6.24. The summed E-state index contributed by atoms with van der Waals surface area (Å²) >= 11 is 0. The van der Waals surface area contributed by atoms with E-state index in [9.17, 15) is 0 Å². The zero-order valence-corrected chi connectivity index (χ0v) is 9.45. The fraction of sp³-hybridized carbons (Fsp3) is 0.538. The van der Waals surface area contributed by atoms with Crippen LogP contribution in [0.25, 0.3) is 0 Å². The molecule has 0 aromatic heterocycles. The number of rotatable bonds is 2. The van der Waals surface area contributed by atoms with Crippen LogP contribution >= 0.6 is 0 Å². The molecule has 1 unspecified atom stereocenters. The molecule has 0 radical (unpaired) electrons. The van der Waals surface area contributed by atoms with Crippen LogP contribution < -0.4 is 4.74 Å². The van der Waals surface area contributed by atoms with Crippen molar-refractivity contribution in [2.45, 2.75) is 39.4 Å². The highest BCUT2D eigenvalue weighted by molar-refractivity contribution is 5.35. The van der Waals surface area contributed by atoms with Crippen LogP contribution in [0.3, 0.4) is 0 Å². The summed E-state index contributed by atoms with van der Waals surface area (Å²) in [6.45, 7) is 4.99. The predicted molar refractivity (Wildman–Crippen MR) is 60.1 cm³/mol. The van der Waals surface area contributed by atoms with Crippen LogP contribution in [0, 0.1) is 13.8 Å². The first kappa shape index (κ1) is 10.5. The number of ether oxygens (including phenoxy) is 2. The molecule has 82 valence electrons. The molecular weight excluding hydrogens is 188 g/mol. The first-order chi connectivity index (χ1) is 7.25. The van der Waals surface area contributed by atoms with Crippen LogP contribution in [0.5, 0.6) is 5.75 Å². The summed E-state index contributed by atoms with van der Waals surface area (Å²) in [7, 11) is 0. The molecule has 1 heterocycles.